The molecule has 2 rings (SSSR count). The first kappa shape index (κ1) is 16.6. The summed E-state index contributed by atoms with van der Waals surface area (Å²) in [4.78, 5) is 23.2. The van der Waals surface area contributed by atoms with Crippen molar-refractivity contribution in [1.82, 2.24) is 0 Å². The average Bonchev–Trinajstić information content (AvgIpc) is 2.51. The zero-order chi connectivity index (χ0) is 16.8. The van der Waals surface area contributed by atoms with E-state index in [9.17, 15) is 9.59 Å². The Kier molecular flexibility index (Phi) is 5.41. The van der Waals surface area contributed by atoms with Crippen LogP contribution in [0.4, 0.5) is 9.59 Å². The molecule has 0 aliphatic rings. The molecule has 0 aromatic heterocycles. The van der Waals surface area contributed by atoms with E-state index in [1.807, 2.05) is 0 Å². The molecule has 0 amide bonds. The molecule has 0 atom stereocenters. The maximum atomic E-state index is 11.6. The second-order valence-electron chi connectivity index (χ2n) is 4.64. The number of fused-ring (bicyclic) bond motifs is 1. The molecule has 122 valence electrons. The Balaban J connectivity index is 2.45. The van der Waals surface area contributed by atoms with Crippen LogP contribution < -0.4 is 9.47 Å². The molecule has 0 aliphatic carbocycles. The second kappa shape index (κ2) is 7.49. The Bertz CT molecular complexity index is 722. The lowest BCUT2D eigenvalue weighted by Crippen LogP contribution is -2.12. The summed E-state index contributed by atoms with van der Waals surface area (Å²) < 4.78 is 20.1. The first-order chi connectivity index (χ1) is 11.1. The highest BCUT2D eigenvalue weighted by molar-refractivity contribution is 5.96. The van der Waals surface area contributed by atoms with Crippen LogP contribution in [0, 0.1) is 6.92 Å². The number of ether oxygens (including phenoxy) is 4. The lowest BCUT2D eigenvalue weighted by Gasteiger charge is -2.14. The summed E-state index contributed by atoms with van der Waals surface area (Å²) in [5, 5.41) is 1.27. The van der Waals surface area contributed by atoms with Crippen molar-refractivity contribution in [3.8, 4) is 11.5 Å². The molecule has 0 unspecified atom stereocenters. The van der Waals surface area contributed by atoms with Crippen LogP contribution in [0.1, 0.15) is 19.4 Å². The lowest BCUT2D eigenvalue weighted by molar-refractivity contribution is 0.102. The van der Waals surface area contributed by atoms with Crippen molar-refractivity contribution in [2.45, 2.75) is 20.8 Å². The fourth-order valence-corrected chi connectivity index (χ4v) is 2.14. The van der Waals surface area contributed by atoms with Crippen LogP contribution in [0.15, 0.2) is 30.3 Å². The molecule has 0 bridgehead atoms. The largest absolute Gasteiger partial charge is 0.513 e. The van der Waals surface area contributed by atoms with Gasteiger partial charge in [0.1, 0.15) is 11.5 Å². The van der Waals surface area contributed by atoms with E-state index < -0.39 is 12.3 Å². The van der Waals surface area contributed by atoms with Gasteiger partial charge in [-0.15, -0.1) is 0 Å². The fourth-order valence-electron chi connectivity index (χ4n) is 2.14. The van der Waals surface area contributed by atoms with Crippen molar-refractivity contribution >= 4 is 23.1 Å². The molecule has 0 heterocycles. The topological polar surface area (TPSA) is 71.1 Å². The third-order valence-corrected chi connectivity index (χ3v) is 3.05. The van der Waals surface area contributed by atoms with Crippen LogP contribution in [0.2, 0.25) is 0 Å². The van der Waals surface area contributed by atoms with Gasteiger partial charge in [-0.3, -0.25) is 0 Å². The number of carbonyl (C=O) groups is 2. The van der Waals surface area contributed by atoms with Crippen LogP contribution in [-0.2, 0) is 9.47 Å². The first-order valence-electron chi connectivity index (χ1n) is 7.28. The number of hydrogen-bond acceptors (Lipinski definition) is 6. The smallest absolute Gasteiger partial charge is 0.434 e. The van der Waals surface area contributed by atoms with Gasteiger partial charge in [-0.2, -0.15) is 0 Å². The normalized spacial score (nSPS) is 10.2. The average molecular weight is 318 g/mol. The van der Waals surface area contributed by atoms with E-state index in [0.29, 0.717) is 27.8 Å². The number of hydrogen-bond donors (Lipinski definition) is 0. The summed E-state index contributed by atoms with van der Waals surface area (Å²) in [5.41, 5.74) is 0.635. The monoisotopic (exact) mass is 318 g/mol. The van der Waals surface area contributed by atoms with E-state index in [-0.39, 0.29) is 13.2 Å². The molecule has 2 aromatic carbocycles. The Labute approximate surface area is 133 Å². The molecule has 6 nitrogen and oxygen atoms in total. The van der Waals surface area contributed by atoms with Crippen LogP contribution in [-0.4, -0.2) is 25.5 Å². The van der Waals surface area contributed by atoms with Crippen LogP contribution in [0.25, 0.3) is 10.8 Å². The van der Waals surface area contributed by atoms with E-state index >= 15 is 0 Å². The number of carbonyl (C=O) groups excluding carboxylic acids is 2. The molecular formula is C17H18O6. The van der Waals surface area contributed by atoms with Gasteiger partial charge in [0.25, 0.3) is 0 Å². The summed E-state index contributed by atoms with van der Waals surface area (Å²) in [7, 11) is 0. The third kappa shape index (κ3) is 3.91. The van der Waals surface area contributed by atoms with Crippen LogP contribution in [0.3, 0.4) is 0 Å². The highest BCUT2D eigenvalue weighted by Crippen LogP contribution is 2.36. The number of rotatable bonds is 4. The number of benzene rings is 2. The quantitative estimate of drug-likeness (QED) is 0.621. The van der Waals surface area contributed by atoms with E-state index in [2.05, 4.69) is 0 Å². The molecule has 0 radical (unpaired) electrons. The van der Waals surface area contributed by atoms with Crippen molar-refractivity contribution in [1.29, 1.82) is 0 Å². The highest BCUT2D eigenvalue weighted by Gasteiger charge is 2.17. The maximum absolute atomic E-state index is 11.6. The van der Waals surface area contributed by atoms with Crippen molar-refractivity contribution in [3.05, 3.63) is 35.9 Å². The number of aryl methyl sites for hydroxylation is 1. The minimum absolute atomic E-state index is 0.222. The van der Waals surface area contributed by atoms with Crippen molar-refractivity contribution in [2.75, 3.05) is 13.2 Å². The Hall–Kier alpha value is -2.76. The van der Waals surface area contributed by atoms with Crippen LogP contribution >= 0.6 is 0 Å². The van der Waals surface area contributed by atoms with Gasteiger partial charge < -0.3 is 18.9 Å². The zero-order valence-corrected chi connectivity index (χ0v) is 13.3. The molecular weight excluding hydrogens is 300 g/mol. The van der Waals surface area contributed by atoms with E-state index in [0.717, 1.165) is 0 Å². The third-order valence-electron chi connectivity index (χ3n) is 3.05. The molecule has 0 aliphatic heterocycles. The van der Waals surface area contributed by atoms with Gasteiger partial charge in [-0.25, -0.2) is 9.59 Å². The summed E-state index contributed by atoms with van der Waals surface area (Å²) >= 11 is 0. The minimum atomic E-state index is -0.781. The second-order valence-corrected chi connectivity index (χ2v) is 4.64. The maximum Gasteiger partial charge on any atom is 0.513 e. The highest BCUT2D eigenvalue weighted by atomic mass is 16.7. The van der Waals surface area contributed by atoms with Gasteiger partial charge in [0.15, 0.2) is 0 Å². The Morgan fingerprint density at radius 1 is 0.913 bits per heavy atom. The summed E-state index contributed by atoms with van der Waals surface area (Å²) in [6.07, 6.45) is -1.56. The van der Waals surface area contributed by atoms with Gasteiger partial charge in [0, 0.05) is 10.8 Å². The molecule has 0 spiro atoms. The minimum Gasteiger partial charge on any atom is -0.434 e. The zero-order valence-electron chi connectivity index (χ0n) is 13.3. The summed E-state index contributed by atoms with van der Waals surface area (Å²) in [5.74, 6) is 0.711. The van der Waals surface area contributed by atoms with Gasteiger partial charge in [-0.05, 0) is 32.4 Å². The Morgan fingerprint density at radius 3 is 2.09 bits per heavy atom. The van der Waals surface area contributed by atoms with Crippen molar-refractivity contribution in [3.63, 3.8) is 0 Å². The van der Waals surface area contributed by atoms with Gasteiger partial charge in [-0.1, -0.05) is 24.3 Å². The van der Waals surface area contributed by atoms with Crippen LogP contribution in [0.5, 0.6) is 11.5 Å². The molecule has 0 saturated heterocycles. The van der Waals surface area contributed by atoms with E-state index in [1.165, 1.54) is 0 Å². The van der Waals surface area contributed by atoms with Crippen molar-refractivity contribution < 1.29 is 28.5 Å². The molecule has 6 heteroatoms. The molecule has 2 aromatic rings. The fraction of sp³-hybridized carbons (Fsp3) is 0.294. The summed E-state index contributed by atoms with van der Waals surface area (Å²) in [6, 6.07) is 8.75. The van der Waals surface area contributed by atoms with E-state index in [1.54, 1.807) is 51.1 Å². The van der Waals surface area contributed by atoms with Gasteiger partial charge in [0.05, 0.1) is 13.2 Å². The predicted octanol–water partition coefficient (Wildman–Crippen LogP) is 4.22. The summed E-state index contributed by atoms with van der Waals surface area (Å²) in [6.45, 7) is 5.59. The van der Waals surface area contributed by atoms with Gasteiger partial charge in [0.2, 0.25) is 0 Å². The van der Waals surface area contributed by atoms with Gasteiger partial charge >= 0.3 is 12.3 Å². The predicted molar refractivity (Wildman–Crippen MR) is 84.0 cm³/mol. The van der Waals surface area contributed by atoms with E-state index in [4.69, 9.17) is 18.9 Å². The molecule has 0 saturated carbocycles. The lowest BCUT2D eigenvalue weighted by atomic mass is 10.0. The standard InChI is InChI=1S/C17H18O6/c1-4-20-16(18)22-14-10-11(3)15(23-17(19)21-5-2)13-9-7-6-8-12(13)14/h6-10H,4-5H2,1-3H3. The molecule has 23 heavy (non-hydrogen) atoms. The first-order valence-corrected chi connectivity index (χ1v) is 7.28. The SMILES string of the molecule is CCOC(=O)Oc1cc(C)c(OC(=O)OCC)c2ccccc12. The molecule has 0 fully saturated rings. The Morgan fingerprint density at radius 2 is 1.48 bits per heavy atom. The molecule has 0 N–H and O–H groups in total. The van der Waals surface area contributed by atoms with Crippen molar-refractivity contribution in [2.24, 2.45) is 0 Å².